The number of hydrogen-bond acceptors (Lipinski definition) is 3. The van der Waals surface area contributed by atoms with Gasteiger partial charge in [-0.15, -0.1) is 0 Å². The first kappa shape index (κ1) is 17.9. The van der Waals surface area contributed by atoms with Gasteiger partial charge in [-0.25, -0.2) is 0 Å². The standard InChI is InChI=1S/C17H28N4OS2/c1-11-7-15(2,3)18-13(23)20(11)8-12-9-21-14(24)19-16(4,5)10-17(21,6)22-12/h7,12H,8-10H2,1-6H3,(H,18,23)(H,19,24). The molecule has 3 aliphatic heterocycles. The van der Waals surface area contributed by atoms with Crippen molar-refractivity contribution >= 4 is 34.7 Å². The van der Waals surface area contributed by atoms with Crippen molar-refractivity contribution in [2.45, 2.75) is 70.9 Å². The molecule has 0 bridgehead atoms. The molecule has 24 heavy (non-hydrogen) atoms. The van der Waals surface area contributed by atoms with Crippen molar-refractivity contribution in [3.05, 3.63) is 11.8 Å². The molecule has 2 N–H and O–H groups in total. The predicted molar refractivity (Wildman–Crippen MR) is 105 cm³/mol. The Hall–Kier alpha value is -0.920. The second kappa shape index (κ2) is 5.54. The van der Waals surface area contributed by atoms with Gasteiger partial charge in [0.05, 0.1) is 24.7 Å². The van der Waals surface area contributed by atoms with Gasteiger partial charge in [-0.1, -0.05) is 0 Å². The monoisotopic (exact) mass is 368 g/mol. The fourth-order valence-electron chi connectivity index (χ4n) is 4.18. The van der Waals surface area contributed by atoms with E-state index >= 15 is 0 Å². The molecule has 3 rings (SSSR count). The molecule has 0 aromatic rings. The molecular weight excluding hydrogens is 340 g/mol. The third-order valence-electron chi connectivity index (χ3n) is 4.89. The first-order chi connectivity index (χ1) is 10.9. The van der Waals surface area contributed by atoms with E-state index in [4.69, 9.17) is 29.2 Å². The number of rotatable bonds is 2. The van der Waals surface area contributed by atoms with Crippen LogP contribution in [-0.2, 0) is 4.74 Å². The molecule has 5 nitrogen and oxygen atoms in total. The van der Waals surface area contributed by atoms with Crippen molar-refractivity contribution in [1.29, 1.82) is 0 Å². The maximum absolute atomic E-state index is 6.45. The van der Waals surface area contributed by atoms with E-state index in [1.807, 2.05) is 0 Å². The summed E-state index contributed by atoms with van der Waals surface area (Å²) in [6.07, 6.45) is 3.16. The molecule has 134 valence electrons. The number of nitrogens with zero attached hydrogens (tertiary/aromatic N) is 2. The summed E-state index contributed by atoms with van der Waals surface area (Å²) < 4.78 is 6.45. The third-order valence-corrected chi connectivity index (χ3v) is 5.54. The fraction of sp³-hybridized carbons (Fsp3) is 0.765. The molecule has 0 amide bonds. The maximum Gasteiger partial charge on any atom is 0.173 e. The average molecular weight is 369 g/mol. The number of ether oxygens (including phenoxy) is 1. The van der Waals surface area contributed by atoms with E-state index in [1.54, 1.807) is 0 Å². The van der Waals surface area contributed by atoms with Gasteiger partial charge in [-0.2, -0.15) is 0 Å². The van der Waals surface area contributed by atoms with Crippen LogP contribution < -0.4 is 10.6 Å². The largest absolute Gasteiger partial charge is 0.357 e. The third kappa shape index (κ3) is 3.26. The first-order valence-corrected chi connectivity index (χ1v) is 9.29. The molecule has 3 aliphatic rings. The lowest BCUT2D eigenvalue weighted by atomic mass is 9.91. The topological polar surface area (TPSA) is 39.8 Å². The highest BCUT2D eigenvalue weighted by Gasteiger charge is 2.51. The zero-order valence-corrected chi connectivity index (χ0v) is 17.0. The van der Waals surface area contributed by atoms with E-state index in [1.165, 1.54) is 5.70 Å². The number of hydrogen-bond donors (Lipinski definition) is 2. The Kier molecular flexibility index (Phi) is 4.13. The van der Waals surface area contributed by atoms with Crippen molar-refractivity contribution < 1.29 is 4.74 Å². The quantitative estimate of drug-likeness (QED) is 0.725. The highest BCUT2D eigenvalue weighted by molar-refractivity contribution is 7.80. The van der Waals surface area contributed by atoms with Gasteiger partial charge in [0.15, 0.2) is 10.2 Å². The molecule has 2 fully saturated rings. The van der Waals surface area contributed by atoms with Crippen LogP contribution in [0.5, 0.6) is 0 Å². The van der Waals surface area contributed by atoms with E-state index in [2.05, 4.69) is 68.1 Å². The van der Waals surface area contributed by atoms with E-state index in [9.17, 15) is 0 Å². The Morgan fingerprint density at radius 2 is 1.83 bits per heavy atom. The Labute approximate surface area is 155 Å². The minimum Gasteiger partial charge on any atom is -0.357 e. The van der Waals surface area contributed by atoms with Crippen LogP contribution in [0.15, 0.2) is 11.8 Å². The van der Waals surface area contributed by atoms with Crippen LogP contribution in [0.1, 0.15) is 48.0 Å². The van der Waals surface area contributed by atoms with Gasteiger partial charge in [-0.3, -0.25) is 0 Å². The zero-order valence-electron chi connectivity index (χ0n) is 15.4. The Morgan fingerprint density at radius 3 is 2.46 bits per heavy atom. The van der Waals surface area contributed by atoms with Crippen molar-refractivity contribution in [1.82, 2.24) is 20.4 Å². The van der Waals surface area contributed by atoms with Crippen molar-refractivity contribution in [2.24, 2.45) is 0 Å². The summed E-state index contributed by atoms with van der Waals surface area (Å²) in [7, 11) is 0. The minimum absolute atomic E-state index is 0.0565. The molecule has 0 spiro atoms. The van der Waals surface area contributed by atoms with E-state index in [0.717, 1.165) is 29.7 Å². The number of fused-ring (bicyclic) bond motifs is 1. The van der Waals surface area contributed by atoms with Crippen LogP contribution in [0.2, 0.25) is 0 Å². The van der Waals surface area contributed by atoms with Crippen LogP contribution >= 0.6 is 24.4 Å². The highest BCUT2D eigenvalue weighted by Crippen LogP contribution is 2.38. The lowest BCUT2D eigenvalue weighted by molar-refractivity contribution is -0.0973. The summed E-state index contributed by atoms with van der Waals surface area (Å²) in [6, 6.07) is 0. The lowest BCUT2D eigenvalue weighted by Crippen LogP contribution is -2.64. The second-order valence-electron chi connectivity index (χ2n) is 8.56. The molecule has 0 saturated carbocycles. The zero-order chi connectivity index (χ0) is 17.9. The molecule has 0 radical (unpaired) electrons. The van der Waals surface area contributed by atoms with Crippen LogP contribution in [0.4, 0.5) is 0 Å². The number of thiocarbonyl (C=S) groups is 2. The maximum atomic E-state index is 6.45. The van der Waals surface area contributed by atoms with Gasteiger partial charge in [0.1, 0.15) is 5.72 Å². The summed E-state index contributed by atoms with van der Waals surface area (Å²) in [5, 5.41) is 8.34. The molecule has 0 aliphatic carbocycles. The average Bonchev–Trinajstić information content (AvgIpc) is 2.67. The summed E-state index contributed by atoms with van der Waals surface area (Å²) in [5.41, 5.74) is 0.660. The van der Waals surface area contributed by atoms with E-state index in [-0.39, 0.29) is 22.9 Å². The smallest absolute Gasteiger partial charge is 0.173 e. The summed E-state index contributed by atoms with van der Waals surface area (Å²) in [5.74, 6) is 0. The molecule has 0 aromatic carbocycles. The van der Waals surface area contributed by atoms with Crippen molar-refractivity contribution in [3.8, 4) is 0 Å². The molecule has 0 aromatic heterocycles. The Morgan fingerprint density at radius 1 is 1.17 bits per heavy atom. The highest BCUT2D eigenvalue weighted by atomic mass is 32.1. The second-order valence-corrected chi connectivity index (χ2v) is 9.34. The van der Waals surface area contributed by atoms with E-state index < -0.39 is 0 Å². The molecular formula is C17H28N4OS2. The van der Waals surface area contributed by atoms with Crippen molar-refractivity contribution in [3.63, 3.8) is 0 Å². The SMILES string of the molecule is CC1=CC(C)(C)NC(=S)N1CC1CN2C(=S)NC(C)(C)CC2(C)O1. The predicted octanol–water partition coefficient (Wildman–Crippen LogP) is 2.33. The van der Waals surface area contributed by atoms with Crippen LogP contribution in [0.3, 0.4) is 0 Å². The Bertz CT molecular complexity index is 616. The van der Waals surface area contributed by atoms with Gasteiger partial charge < -0.3 is 25.2 Å². The normalized spacial score (nSPS) is 34.4. The van der Waals surface area contributed by atoms with Gasteiger partial charge in [-0.05, 0) is 72.1 Å². The molecule has 7 heteroatoms. The molecule has 2 atom stereocenters. The Balaban J connectivity index is 1.75. The number of allylic oxidation sites excluding steroid dienone is 1. The van der Waals surface area contributed by atoms with Crippen LogP contribution in [-0.4, -0.2) is 56.0 Å². The first-order valence-electron chi connectivity index (χ1n) is 8.48. The fourth-order valence-corrected chi connectivity index (χ4v) is 5.20. The van der Waals surface area contributed by atoms with Gasteiger partial charge in [0.2, 0.25) is 0 Å². The van der Waals surface area contributed by atoms with Crippen LogP contribution in [0.25, 0.3) is 0 Å². The van der Waals surface area contributed by atoms with Gasteiger partial charge >= 0.3 is 0 Å². The minimum atomic E-state index is -0.349. The van der Waals surface area contributed by atoms with Gasteiger partial charge in [0, 0.05) is 17.7 Å². The summed E-state index contributed by atoms with van der Waals surface area (Å²) in [6.45, 7) is 14.3. The summed E-state index contributed by atoms with van der Waals surface area (Å²) in [4.78, 5) is 4.32. The summed E-state index contributed by atoms with van der Waals surface area (Å²) >= 11 is 11.1. The van der Waals surface area contributed by atoms with Crippen molar-refractivity contribution in [2.75, 3.05) is 13.1 Å². The lowest BCUT2D eigenvalue weighted by Gasteiger charge is -2.47. The van der Waals surface area contributed by atoms with Crippen LogP contribution in [0, 0.1) is 0 Å². The molecule has 2 saturated heterocycles. The molecule has 2 unspecified atom stereocenters. The van der Waals surface area contributed by atoms with Gasteiger partial charge in [0.25, 0.3) is 0 Å². The van der Waals surface area contributed by atoms with E-state index in [0.29, 0.717) is 0 Å². The molecule has 3 heterocycles. The number of nitrogens with one attached hydrogen (secondary N) is 2.